The van der Waals surface area contributed by atoms with Crippen molar-refractivity contribution in [3.05, 3.63) is 0 Å². The summed E-state index contributed by atoms with van der Waals surface area (Å²) in [5, 5.41) is 10.2. The van der Waals surface area contributed by atoms with E-state index >= 15 is 0 Å². The van der Waals surface area contributed by atoms with Crippen LogP contribution in [0.5, 0.6) is 0 Å². The van der Waals surface area contributed by atoms with E-state index in [2.05, 4.69) is 37.9 Å². The third-order valence-electron chi connectivity index (χ3n) is 4.52. The van der Waals surface area contributed by atoms with Gasteiger partial charge in [-0.25, -0.2) is 4.79 Å². The number of nitrogens with zero attached hydrogens (tertiary/aromatic N) is 1. The van der Waals surface area contributed by atoms with Gasteiger partial charge in [-0.2, -0.15) is 13.2 Å². The van der Waals surface area contributed by atoms with E-state index in [9.17, 15) is 18.0 Å². The molecule has 9 heteroatoms. The fourth-order valence-corrected chi connectivity index (χ4v) is 3.07. The second-order valence-electron chi connectivity index (χ2n) is 8.02. The molecule has 1 amide bonds. The quantitative estimate of drug-likeness (QED) is 0.721. The molecule has 2 N–H and O–H groups in total. The first-order chi connectivity index (χ1) is 12.4. The zero-order valence-corrected chi connectivity index (χ0v) is 16.4. The number of halogens is 3. The number of carboxylic acids is 1. The Labute approximate surface area is 158 Å². The van der Waals surface area contributed by atoms with Gasteiger partial charge in [-0.3, -0.25) is 9.69 Å². The van der Waals surface area contributed by atoms with Gasteiger partial charge in [0, 0.05) is 19.6 Å². The van der Waals surface area contributed by atoms with E-state index in [0.29, 0.717) is 5.92 Å². The number of amides is 1. The number of carbonyl (C=O) groups is 2. The summed E-state index contributed by atoms with van der Waals surface area (Å²) in [6.07, 6.45) is -2.60. The van der Waals surface area contributed by atoms with Gasteiger partial charge < -0.3 is 15.2 Å². The molecule has 0 aromatic carbocycles. The lowest BCUT2D eigenvalue weighted by atomic mass is 9.99. The van der Waals surface area contributed by atoms with Crippen molar-refractivity contribution in [2.75, 3.05) is 26.2 Å². The Kier molecular flexibility index (Phi) is 9.01. The Balaban J connectivity index is 0.000000445. The van der Waals surface area contributed by atoms with Gasteiger partial charge in [0.25, 0.3) is 0 Å². The number of rotatable bonds is 6. The summed E-state index contributed by atoms with van der Waals surface area (Å²) in [5.74, 6) is -1.27. The van der Waals surface area contributed by atoms with Gasteiger partial charge >= 0.3 is 12.1 Å². The smallest absolute Gasteiger partial charge is 0.475 e. The number of nitrogens with one attached hydrogen (secondary N) is 1. The molecule has 158 valence electrons. The number of aliphatic carboxylic acids is 1. The third-order valence-corrected chi connectivity index (χ3v) is 4.52. The number of carbonyl (C=O) groups excluding carboxylic acids is 1. The minimum atomic E-state index is -5.08. The minimum Gasteiger partial charge on any atom is -0.475 e. The molecule has 0 aliphatic carbocycles. The molecule has 2 saturated heterocycles. The molecular weight excluding hydrogens is 365 g/mol. The van der Waals surface area contributed by atoms with Crippen molar-refractivity contribution in [3.8, 4) is 0 Å². The predicted molar refractivity (Wildman–Crippen MR) is 94.2 cm³/mol. The summed E-state index contributed by atoms with van der Waals surface area (Å²) in [6.45, 7) is 12.6. The molecule has 2 fully saturated rings. The molecule has 2 bridgehead atoms. The Morgan fingerprint density at radius 2 is 1.78 bits per heavy atom. The Morgan fingerprint density at radius 3 is 2.26 bits per heavy atom. The van der Waals surface area contributed by atoms with Crippen molar-refractivity contribution in [2.24, 2.45) is 17.8 Å². The summed E-state index contributed by atoms with van der Waals surface area (Å²) in [4.78, 5) is 23.6. The Morgan fingerprint density at radius 1 is 1.19 bits per heavy atom. The molecule has 0 unspecified atom stereocenters. The summed E-state index contributed by atoms with van der Waals surface area (Å²) >= 11 is 0. The van der Waals surface area contributed by atoms with Crippen LogP contribution >= 0.6 is 0 Å². The molecule has 3 atom stereocenters. The average Bonchev–Trinajstić information content (AvgIpc) is 2.84. The number of ether oxygens (including phenoxy) is 1. The van der Waals surface area contributed by atoms with E-state index < -0.39 is 12.1 Å². The zero-order chi connectivity index (χ0) is 20.8. The largest absolute Gasteiger partial charge is 0.490 e. The van der Waals surface area contributed by atoms with Crippen LogP contribution in [0.15, 0.2) is 0 Å². The van der Waals surface area contributed by atoms with Crippen LogP contribution in [-0.4, -0.2) is 66.4 Å². The van der Waals surface area contributed by atoms with Crippen molar-refractivity contribution in [3.63, 3.8) is 0 Å². The molecule has 0 aromatic heterocycles. The first kappa shape index (κ1) is 23.7. The molecule has 2 aliphatic rings. The highest BCUT2D eigenvalue weighted by atomic mass is 19.4. The number of morpholine rings is 1. The molecule has 6 nitrogen and oxygen atoms in total. The summed E-state index contributed by atoms with van der Waals surface area (Å²) in [5.41, 5.74) is 0. The van der Waals surface area contributed by atoms with E-state index in [4.69, 9.17) is 14.6 Å². The Hall–Kier alpha value is -1.35. The van der Waals surface area contributed by atoms with Crippen molar-refractivity contribution < 1.29 is 32.6 Å². The predicted octanol–water partition coefficient (Wildman–Crippen LogP) is 2.53. The molecule has 27 heavy (non-hydrogen) atoms. The van der Waals surface area contributed by atoms with Crippen LogP contribution in [0, 0.1) is 17.8 Å². The lowest BCUT2D eigenvalue weighted by Crippen LogP contribution is -2.46. The topological polar surface area (TPSA) is 78.9 Å². The molecule has 2 aliphatic heterocycles. The van der Waals surface area contributed by atoms with E-state index in [0.717, 1.165) is 38.5 Å². The maximum atomic E-state index is 12.3. The van der Waals surface area contributed by atoms with Crippen LogP contribution in [0.25, 0.3) is 0 Å². The average molecular weight is 396 g/mol. The molecule has 0 saturated carbocycles. The minimum absolute atomic E-state index is 0.0581. The second kappa shape index (κ2) is 10.3. The summed E-state index contributed by atoms with van der Waals surface area (Å²) in [7, 11) is 0. The number of hydrogen-bond donors (Lipinski definition) is 2. The van der Waals surface area contributed by atoms with Gasteiger partial charge in [-0.15, -0.1) is 0 Å². The number of alkyl halides is 3. The fraction of sp³-hybridized carbons (Fsp3) is 0.889. The second-order valence-corrected chi connectivity index (χ2v) is 8.02. The van der Waals surface area contributed by atoms with Crippen LogP contribution in [0.3, 0.4) is 0 Å². The van der Waals surface area contributed by atoms with Crippen LogP contribution in [0.2, 0.25) is 0 Å². The van der Waals surface area contributed by atoms with E-state index in [1.54, 1.807) is 0 Å². The molecule has 2 heterocycles. The molecule has 0 spiro atoms. The first-order valence-corrected chi connectivity index (χ1v) is 9.35. The van der Waals surface area contributed by atoms with Crippen molar-refractivity contribution in [2.45, 2.75) is 58.9 Å². The zero-order valence-electron chi connectivity index (χ0n) is 16.4. The maximum absolute atomic E-state index is 12.3. The van der Waals surface area contributed by atoms with Gasteiger partial charge in [-0.1, -0.05) is 27.7 Å². The monoisotopic (exact) mass is 396 g/mol. The number of carboxylic acid groups (broad SMARTS) is 1. The van der Waals surface area contributed by atoms with Gasteiger partial charge in [0.1, 0.15) is 0 Å². The molecular formula is C18H31F3N2O4. The SMILES string of the molecule is CC(C)CCN1C[C@H]2C[C@H](C(=O)NCC(C)C)[C@@H](C1)O2.O=C(O)C(F)(F)F. The van der Waals surface area contributed by atoms with Crippen molar-refractivity contribution in [1.29, 1.82) is 0 Å². The van der Waals surface area contributed by atoms with Crippen molar-refractivity contribution in [1.82, 2.24) is 10.2 Å². The van der Waals surface area contributed by atoms with Crippen LogP contribution in [0.1, 0.15) is 40.5 Å². The fourth-order valence-electron chi connectivity index (χ4n) is 3.07. The highest BCUT2D eigenvalue weighted by Gasteiger charge is 2.44. The van der Waals surface area contributed by atoms with Crippen LogP contribution in [0.4, 0.5) is 13.2 Å². The van der Waals surface area contributed by atoms with Crippen molar-refractivity contribution >= 4 is 11.9 Å². The third kappa shape index (κ3) is 8.47. The van der Waals surface area contributed by atoms with Gasteiger partial charge in [0.05, 0.1) is 18.1 Å². The van der Waals surface area contributed by atoms with E-state index in [1.807, 2.05) is 0 Å². The van der Waals surface area contributed by atoms with Crippen LogP contribution in [-0.2, 0) is 14.3 Å². The normalized spacial score (nSPS) is 25.3. The van der Waals surface area contributed by atoms with E-state index in [1.165, 1.54) is 6.42 Å². The molecule has 0 radical (unpaired) electrons. The lowest BCUT2D eigenvalue weighted by molar-refractivity contribution is -0.192. The van der Waals surface area contributed by atoms with Gasteiger partial charge in [-0.05, 0) is 31.2 Å². The van der Waals surface area contributed by atoms with Crippen LogP contribution < -0.4 is 5.32 Å². The highest BCUT2D eigenvalue weighted by molar-refractivity contribution is 5.79. The number of hydrogen-bond acceptors (Lipinski definition) is 4. The Bertz CT molecular complexity index is 497. The van der Waals surface area contributed by atoms with E-state index in [-0.39, 0.29) is 24.0 Å². The standard InChI is InChI=1S/C16H30N2O2.C2HF3O2/c1-11(2)5-6-18-9-13-7-14(15(10-18)20-13)16(19)17-8-12(3)4;3-2(4,5)1(6)7/h11-15H,5-10H2,1-4H3,(H,17,19);(H,6,7)/t13-,14+,15-;/m1./s1. The number of fused-ring (bicyclic) bond motifs is 2. The summed E-state index contributed by atoms with van der Waals surface area (Å²) < 4.78 is 37.7. The highest BCUT2D eigenvalue weighted by Crippen LogP contribution is 2.32. The first-order valence-electron chi connectivity index (χ1n) is 9.35. The summed E-state index contributed by atoms with van der Waals surface area (Å²) in [6, 6.07) is 0. The lowest BCUT2D eigenvalue weighted by Gasteiger charge is -2.33. The number of likely N-dealkylation sites (tertiary alicyclic amines) is 1. The maximum Gasteiger partial charge on any atom is 0.490 e. The molecule has 2 rings (SSSR count). The molecule has 0 aromatic rings. The van der Waals surface area contributed by atoms with Gasteiger partial charge in [0.15, 0.2) is 0 Å². The van der Waals surface area contributed by atoms with Gasteiger partial charge in [0.2, 0.25) is 5.91 Å².